The Morgan fingerprint density at radius 2 is 2.31 bits per heavy atom. The predicted octanol–water partition coefficient (Wildman–Crippen LogP) is 2.60. The minimum atomic E-state index is 0.410. The molecule has 1 saturated carbocycles. The molecule has 5 heteroatoms. The molecule has 0 saturated heterocycles. The number of hydrogen-bond acceptors (Lipinski definition) is 3. The average Bonchev–Trinajstić information content (AvgIpc) is 3.05. The van der Waals surface area contributed by atoms with Crippen LogP contribution in [-0.4, -0.2) is 14.8 Å². The van der Waals surface area contributed by atoms with Crippen molar-refractivity contribution < 1.29 is 0 Å². The van der Waals surface area contributed by atoms with Crippen LogP contribution in [0.4, 0.5) is 0 Å². The van der Waals surface area contributed by atoms with E-state index in [9.17, 15) is 0 Å². The number of fused-ring (bicyclic) bond motifs is 1. The summed E-state index contributed by atoms with van der Waals surface area (Å²) < 4.78 is 1.93. The van der Waals surface area contributed by atoms with Gasteiger partial charge in [-0.1, -0.05) is 11.6 Å². The first-order chi connectivity index (χ1) is 7.72. The number of aryl methyl sites for hydroxylation is 1. The second-order valence-corrected chi connectivity index (χ2v) is 4.44. The monoisotopic (exact) mass is 232 g/mol. The Hall–Kier alpha value is -1.60. The summed E-state index contributed by atoms with van der Waals surface area (Å²) in [6.07, 6.45) is 3.82. The van der Waals surface area contributed by atoms with Gasteiger partial charge in [-0.2, -0.15) is 10.4 Å². The van der Waals surface area contributed by atoms with Crippen molar-refractivity contribution in [3.63, 3.8) is 0 Å². The van der Waals surface area contributed by atoms with E-state index >= 15 is 0 Å². The first-order valence-corrected chi connectivity index (χ1v) is 5.53. The number of nitrogens with zero attached hydrogens (tertiary/aromatic N) is 4. The van der Waals surface area contributed by atoms with Gasteiger partial charge < -0.3 is 0 Å². The topological polar surface area (TPSA) is 54.5 Å². The van der Waals surface area contributed by atoms with Crippen molar-refractivity contribution in [1.82, 2.24) is 14.8 Å². The fourth-order valence-corrected chi connectivity index (χ4v) is 2.20. The van der Waals surface area contributed by atoms with Gasteiger partial charge in [0, 0.05) is 6.20 Å². The van der Waals surface area contributed by atoms with Crippen molar-refractivity contribution in [1.29, 1.82) is 5.26 Å². The van der Waals surface area contributed by atoms with E-state index in [4.69, 9.17) is 16.9 Å². The van der Waals surface area contributed by atoms with Crippen LogP contribution in [0, 0.1) is 18.3 Å². The van der Waals surface area contributed by atoms with E-state index in [0.717, 1.165) is 29.6 Å². The highest BCUT2D eigenvalue weighted by Crippen LogP contribution is 2.38. The van der Waals surface area contributed by atoms with Crippen LogP contribution in [0.5, 0.6) is 0 Å². The van der Waals surface area contributed by atoms with Crippen LogP contribution >= 0.6 is 11.6 Å². The lowest BCUT2D eigenvalue weighted by Crippen LogP contribution is -1.97. The van der Waals surface area contributed by atoms with Crippen LogP contribution in [0.1, 0.15) is 30.1 Å². The van der Waals surface area contributed by atoms with E-state index in [0.29, 0.717) is 16.6 Å². The molecule has 1 fully saturated rings. The third-order valence-electron chi connectivity index (χ3n) is 2.85. The van der Waals surface area contributed by atoms with Gasteiger partial charge >= 0.3 is 0 Å². The van der Waals surface area contributed by atoms with Crippen LogP contribution in [0.25, 0.3) is 11.0 Å². The standard InChI is InChI=1S/C11H9ClN4/c1-6-9-10(12)7(4-13)5-14-11(9)16(15-6)8-2-3-8/h5,8H,2-3H2,1H3. The van der Waals surface area contributed by atoms with E-state index in [2.05, 4.69) is 10.1 Å². The number of hydrogen-bond donors (Lipinski definition) is 0. The highest BCUT2D eigenvalue weighted by molar-refractivity contribution is 6.36. The zero-order valence-corrected chi connectivity index (χ0v) is 9.49. The van der Waals surface area contributed by atoms with Crippen molar-refractivity contribution in [3.8, 4) is 6.07 Å². The summed E-state index contributed by atoms with van der Waals surface area (Å²) in [5, 5.41) is 14.6. The zero-order valence-electron chi connectivity index (χ0n) is 8.74. The zero-order chi connectivity index (χ0) is 11.3. The third-order valence-corrected chi connectivity index (χ3v) is 3.24. The molecule has 4 nitrogen and oxygen atoms in total. The van der Waals surface area contributed by atoms with Crippen LogP contribution in [-0.2, 0) is 0 Å². The molecule has 1 aliphatic rings. The summed E-state index contributed by atoms with van der Waals surface area (Å²) in [4.78, 5) is 4.29. The quantitative estimate of drug-likeness (QED) is 0.760. The van der Waals surface area contributed by atoms with Crippen molar-refractivity contribution in [2.75, 3.05) is 0 Å². The van der Waals surface area contributed by atoms with Gasteiger partial charge in [0.2, 0.25) is 0 Å². The fourth-order valence-electron chi connectivity index (χ4n) is 1.88. The minimum Gasteiger partial charge on any atom is -0.244 e. The second kappa shape index (κ2) is 3.19. The summed E-state index contributed by atoms with van der Waals surface area (Å²) in [5.41, 5.74) is 2.05. The molecule has 0 amide bonds. The molecule has 0 aliphatic heterocycles. The predicted molar refractivity (Wildman–Crippen MR) is 60.3 cm³/mol. The Morgan fingerprint density at radius 3 is 2.94 bits per heavy atom. The maximum Gasteiger partial charge on any atom is 0.159 e. The average molecular weight is 233 g/mol. The summed E-state index contributed by atoms with van der Waals surface area (Å²) in [6.45, 7) is 1.90. The highest BCUT2D eigenvalue weighted by Gasteiger charge is 2.28. The Morgan fingerprint density at radius 1 is 1.56 bits per heavy atom. The molecule has 0 bridgehead atoms. The molecular weight excluding hydrogens is 224 g/mol. The lowest BCUT2D eigenvalue weighted by atomic mass is 10.2. The van der Waals surface area contributed by atoms with E-state index in [-0.39, 0.29) is 0 Å². The SMILES string of the molecule is Cc1nn(C2CC2)c2ncc(C#N)c(Cl)c12. The summed E-state index contributed by atoms with van der Waals surface area (Å²) in [7, 11) is 0. The fraction of sp³-hybridized carbons (Fsp3) is 0.364. The number of halogens is 1. The Labute approximate surface area is 97.5 Å². The normalized spacial score (nSPS) is 15.3. The first-order valence-electron chi connectivity index (χ1n) is 5.15. The molecule has 80 valence electrons. The number of rotatable bonds is 1. The smallest absolute Gasteiger partial charge is 0.159 e. The lowest BCUT2D eigenvalue weighted by molar-refractivity contribution is 0.652. The van der Waals surface area contributed by atoms with Gasteiger partial charge in [0.15, 0.2) is 5.65 Å². The molecule has 1 aliphatic carbocycles. The molecule has 3 rings (SSSR count). The molecule has 0 N–H and O–H groups in total. The summed E-state index contributed by atoms with van der Waals surface area (Å²) in [6, 6.07) is 2.50. The van der Waals surface area contributed by atoms with Gasteiger partial charge in [-0.15, -0.1) is 0 Å². The molecule has 0 unspecified atom stereocenters. The minimum absolute atomic E-state index is 0.410. The largest absolute Gasteiger partial charge is 0.244 e. The third kappa shape index (κ3) is 1.22. The van der Waals surface area contributed by atoms with Crippen LogP contribution in [0.3, 0.4) is 0 Å². The van der Waals surface area contributed by atoms with Crippen molar-refractivity contribution in [3.05, 3.63) is 22.5 Å². The van der Waals surface area contributed by atoms with Crippen LogP contribution in [0.15, 0.2) is 6.20 Å². The number of aromatic nitrogens is 3. The van der Waals surface area contributed by atoms with Crippen LogP contribution in [0.2, 0.25) is 5.02 Å². The summed E-state index contributed by atoms with van der Waals surface area (Å²) >= 11 is 6.17. The lowest BCUT2D eigenvalue weighted by Gasteiger charge is -2.00. The Kier molecular flexibility index (Phi) is 1.92. The van der Waals surface area contributed by atoms with Gasteiger partial charge in [-0.3, -0.25) is 0 Å². The summed E-state index contributed by atoms with van der Waals surface area (Å²) in [5.74, 6) is 0. The first kappa shape index (κ1) is 9.61. The molecule has 0 aromatic carbocycles. The van der Waals surface area contributed by atoms with E-state index in [1.54, 1.807) is 0 Å². The highest BCUT2D eigenvalue weighted by atomic mass is 35.5. The van der Waals surface area contributed by atoms with Gasteiger partial charge in [-0.05, 0) is 19.8 Å². The van der Waals surface area contributed by atoms with E-state index in [1.807, 2.05) is 17.7 Å². The Balaban J connectivity index is 2.37. The van der Waals surface area contributed by atoms with E-state index in [1.165, 1.54) is 6.20 Å². The van der Waals surface area contributed by atoms with E-state index < -0.39 is 0 Å². The molecule has 0 radical (unpaired) electrons. The molecule has 0 atom stereocenters. The van der Waals surface area contributed by atoms with Crippen molar-refractivity contribution >= 4 is 22.6 Å². The molecule has 0 spiro atoms. The van der Waals surface area contributed by atoms with Crippen molar-refractivity contribution in [2.24, 2.45) is 0 Å². The van der Waals surface area contributed by atoms with Crippen LogP contribution < -0.4 is 0 Å². The molecule has 2 heterocycles. The van der Waals surface area contributed by atoms with Gasteiger partial charge in [0.1, 0.15) is 6.07 Å². The molecular formula is C11H9ClN4. The van der Waals surface area contributed by atoms with Crippen molar-refractivity contribution in [2.45, 2.75) is 25.8 Å². The molecule has 2 aromatic heterocycles. The molecule has 2 aromatic rings. The van der Waals surface area contributed by atoms with Gasteiger partial charge in [0.25, 0.3) is 0 Å². The number of nitriles is 1. The maximum atomic E-state index is 8.90. The maximum absolute atomic E-state index is 8.90. The van der Waals surface area contributed by atoms with Gasteiger partial charge in [-0.25, -0.2) is 9.67 Å². The van der Waals surface area contributed by atoms with Gasteiger partial charge in [0.05, 0.1) is 27.7 Å². The second-order valence-electron chi connectivity index (χ2n) is 4.06. The number of pyridine rings is 1. The molecule has 16 heavy (non-hydrogen) atoms. The Bertz CT molecular complexity index is 619.